The third-order valence-electron chi connectivity index (χ3n) is 5.26. The number of guanidine groups is 1. The lowest BCUT2D eigenvalue weighted by atomic mass is 10.2. The van der Waals surface area contributed by atoms with Gasteiger partial charge in [0.15, 0.2) is 11.8 Å². The lowest BCUT2D eigenvalue weighted by Crippen LogP contribution is -2.52. The molecule has 1 saturated heterocycles. The highest BCUT2D eigenvalue weighted by Crippen LogP contribution is 2.19. The van der Waals surface area contributed by atoms with Gasteiger partial charge in [-0.2, -0.15) is 4.37 Å². The molecule has 0 spiro atoms. The van der Waals surface area contributed by atoms with E-state index >= 15 is 0 Å². The summed E-state index contributed by atoms with van der Waals surface area (Å²) in [5, 5.41) is 13.2. The smallest absolute Gasteiger partial charge is 0.205 e. The number of aliphatic imine (C=N–C) groups is 1. The van der Waals surface area contributed by atoms with Crippen LogP contribution in [0.3, 0.4) is 0 Å². The first-order valence-corrected chi connectivity index (χ1v) is 11.1. The Morgan fingerprint density at radius 1 is 1.11 bits per heavy atom. The summed E-state index contributed by atoms with van der Waals surface area (Å²) in [7, 11) is 0. The number of hydrogen-bond acceptors (Lipinski definition) is 7. The first kappa shape index (κ1) is 19.1. The van der Waals surface area contributed by atoms with Crippen LogP contribution in [-0.2, 0) is 25.9 Å². The third-order valence-corrected chi connectivity index (χ3v) is 6.08. The van der Waals surface area contributed by atoms with Gasteiger partial charge in [-0.1, -0.05) is 6.92 Å². The Bertz CT molecular complexity index is 804. The van der Waals surface area contributed by atoms with Crippen molar-refractivity contribution in [3.8, 4) is 0 Å². The van der Waals surface area contributed by atoms with Gasteiger partial charge < -0.3 is 19.7 Å². The molecule has 4 rings (SSSR count). The van der Waals surface area contributed by atoms with E-state index in [0.29, 0.717) is 6.54 Å². The van der Waals surface area contributed by atoms with Crippen molar-refractivity contribution in [2.45, 2.75) is 52.6 Å². The Labute approximate surface area is 170 Å². The Morgan fingerprint density at radius 3 is 2.71 bits per heavy atom. The lowest BCUT2D eigenvalue weighted by molar-refractivity contribution is 0.372. The van der Waals surface area contributed by atoms with Crippen LogP contribution in [0, 0.1) is 0 Å². The molecule has 152 valence electrons. The fraction of sp³-hybridized carbons (Fsp3) is 0.722. The van der Waals surface area contributed by atoms with Crippen LogP contribution in [0.2, 0.25) is 0 Å². The molecule has 0 unspecified atom stereocenters. The molecule has 10 heteroatoms. The fourth-order valence-corrected chi connectivity index (χ4v) is 4.48. The molecule has 28 heavy (non-hydrogen) atoms. The van der Waals surface area contributed by atoms with E-state index in [-0.39, 0.29) is 0 Å². The van der Waals surface area contributed by atoms with E-state index in [1.54, 1.807) is 0 Å². The maximum absolute atomic E-state index is 4.87. The largest absolute Gasteiger partial charge is 0.357 e. The third kappa shape index (κ3) is 4.11. The van der Waals surface area contributed by atoms with Crippen LogP contribution in [-0.4, -0.2) is 67.7 Å². The highest BCUT2D eigenvalue weighted by Gasteiger charge is 2.22. The van der Waals surface area contributed by atoms with Crippen LogP contribution < -0.4 is 10.2 Å². The van der Waals surface area contributed by atoms with Crippen LogP contribution in [0.1, 0.15) is 44.2 Å². The first-order valence-electron chi connectivity index (χ1n) is 10.3. The van der Waals surface area contributed by atoms with Crippen molar-refractivity contribution in [1.29, 1.82) is 0 Å². The Hall–Kier alpha value is -2.23. The summed E-state index contributed by atoms with van der Waals surface area (Å²) < 4.78 is 6.66. The van der Waals surface area contributed by atoms with Gasteiger partial charge in [-0.3, -0.25) is 0 Å². The molecule has 0 aliphatic carbocycles. The minimum Gasteiger partial charge on any atom is -0.357 e. The quantitative estimate of drug-likeness (QED) is 0.595. The van der Waals surface area contributed by atoms with Crippen LogP contribution in [0.15, 0.2) is 4.99 Å². The molecule has 2 aliphatic heterocycles. The first-order chi connectivity index (χ1) is 13.8. The zero-order valence-corrected chi connectivity index (χ0v) is 17.6. The van der Waals surface area contributed by atoms with E-state index in [1.807, 2.05) is 0 Å². The topological polar surface area (TPSA) is 87.4 Å². The average Bonchev–Trinajstić information content (AvgIpc) is 3.38. The van der Waals surface area contributed by atoms with Gasteiger partial charge in [0.1, 0.15) is 18.2 Å². The molecule has 0 saturated carbocycles. The van der Waals surface area contributed by atoms with Crippen molar-refractivity contribution in [1.82, 2.24) is 34.3 Å². The van der Waals surface area contributed by atoms with Gasteiger partial charge in [0, 0.05) is 63.6 Å². The van der Waals surface area contributed by atoms with E-state index in [9.17, 15) is 0 Å². The SMILES string of the molecule is CCNC(=NCc1nnc2n1CCCC2)N1CCN(c2nc(CC)ns2)CC1. The number of rotatable bonds is 5. The zero-order chi connectivity index (χ0) is 19.3. The normalized spacial score (nSPS) is 17.7. The van der Waals surface area contributed by atoms with Gasteiger partial charge in [-0.15, -0.1) is 10.2 Å². The van der Waals surface area contributed by atoms with Gasteiger partial charge in [0.25, 0.3) is 0 Å². The second kappa shape index (κ2) is 8.85. The number of anilines is 1. The molecule has 0 bridgehead atoms. The second-order valence-electron chi connectivity index (χ2n) is 7.13. The monoisotopic (exact) mass is 403 g/mol. The highest BCUT2D eigenvalue weighted by molar-refractivity contribution is 7.09. The standard InChI is InChI=1S/C18H29N9S/c1-3-14-21-18(28-24-14)26-11-9-25(10-12-26)17(19-4-2)20-13-16-23-22-15-7-5-6-8-27(15)16/h3-13H2,1-2H3,(H,19,20). The molecule has 1 fully saturated rings. The van der Waals surface area contributed by atoms with Crippen LogP contribution in [0.4, 0.5) is 5.13 Å². The van der Waals surface area contributed by atoms with Gasteiger partial charge in [0.05, 0.1) is 0 Å². The molecule has 0 radical (unpaired) electrons. The maximum atomic E-state index is 4.87. The van der Waals surface area contributed by atoms with E-state index in [2.05, 4.69) is 53.1 Å². The van der Waals surface area contributed by atoms with Crippen molar-refractivity contribution in [3.05, 3.63) is 17.5 Å². The predicted molar refractivity (Wildman–Crippen MR) is 111 cm³/mol. The molecule has 1 N–H and O–H groups in total. The summed E-state index contributed by atoms with van der Waals surface area (Å²) in [4.78, 5) is 14.1. The Morgan fingerprint density at radius 2 is 1.96 bits per heavy atom. The minimum atomic E-state index is 0.575. The minimum absolute atomic E-state index is 0.575. The Kier molecular flexibility index (Phi) is 6.04. The second-order valence-corrected chi connectivity index (χ2v) is 7.86. The van der Waals surface area contributed by atoms with Crippen LogP contribution in [0.25, 0.3) is 0 Å². The zero-order valence-electron chi connectivity index (χ0n) is 16.8. The number of nitrogens with zero attached hydrogens (tertiary/aromatic N) is 8. The molecule has 0 atom stereocenters. The van der Waals surface area contributed by atoms with Crippen molar-refractivity contribution >= 4 is 22.6 Å². The Balaban J connectivity index is 1.39. The molecule has 2 aliphatic rings. The summed E-state index contributed by atoms with van der Waals surface area (Å²) in [6.07, 6.45) is 4.34. The lowest BCUT2D eigenvalue weighted by Gasteiger charge is -2.36. The van der Waals surface area contributed by atoms with Crippen molar-refractivity contribution in [2.24, 2.45) is 4.99 Å². The van der Waals surface area contributed by atoms with Crippen LogP contribution >= 0.6 is 11.5 Å². The van der Waals surface area contributed by atoms with E-state index in [0.717, 1.165) is 80.7 Å². The van der Waals surface area contributed by atoms with Gasteiger partial charge in [-0.05, 0) is 19.8 Å². The van der Waals surface area contributed by atoms with Gasteiger partial charge >= 0.3 is 0 Å². The molecule has 9 nitrogen and oxygen atoms in total. The maximum Gasteiger partial charge on any atom is 0.205 e. The average molecular weight is 404 g/mol. The van der Waals surface area contributed by atoms with Crippen LogP contribution in [0.5, 0.6) is 0 Å². The van der Waals surface area contributed by atoms with Gasteiger partial charge in [-0.25, -0.2) is 9.98 Å². The number of aryl methyl sites for hydroxylation is 2. The highest BCUT2D eigenvalue weighted by atomic mass is 32.1. The molecular formula is C18H29N9S. The summed E-state index contributed by atoms with van der Waals surface area (Å²) in [6, 6.07) is 0. The van der Waals surface area contributed by atoms with Crippen molar-refractivity contribution in [3.63, 3.8) is 0 Å². The number of fused-ring (bicyclic) bond motifs is 1. The fourth-order valence-electron chi connectivity index (χ4n) is 3.68. The molecule has 0 amide bonds. The molecular weight excluding hydrogens is 374 g/mol. The van der Waals surface area contributed by atoms with E-state index in [4.69, 9.17) is 4.99 Å². The molecule has 2 aromatic rings. The molecule has 2 aromatic heterocycles. The summed E-state index contributed by atoms with van der Waals surface area (Å²) in [5.74, 6) is 3.99. The number of nitrogens with one attached hydrogen (secondary N) is 1. The molecule has 4 heterocycles. The molecule has 0 aromatic carbocycles. The van der Waals surface area contributed by atoms with Crippen molar-refractivity contribution < 1.29 is 0 Å². The van der Waals surface area contributed by atoms with Crippen molar-refractivity contribution in [2.75, 3.05) is 37.6 Å². The van der Waals surface area contributed by atoms with Gasteiger partial charge in [0.2, 0.25) is 5.13 Å². The van der Waals surface area contributed by atoms with E-state index in [1.165, 1.54) is 24.4 Å². The number of hydrogen-bond donors (Lipinski definition) is 1. The summed E-state index contributed by atoms with van der Waals surface area (Å²) in [5.41, 5.74) is 0. The number of aromatic nitrogens is 5. The summed E-state index contributed by atoms with van der Waals surface area (Å²) in [6.45, 7) is 10.4. The van der Waals surface area contributed by atoms with E-state index < -0.39 is 0 Å². The predicted octanol–water partition coefficient (Wildman–Crippen LogP) is 1.32. The summed E-state index contributed by atoms with van der Waals surface area (Å²) >= 11 is 1.50. The number of piperazine rings is 1.